The molecule has 0 N–H and O–H groups in total. The topological polar surface area (TPSA) is 60.0 Å². The quantitative estimate of drug-likeness (QED) is 0.454. The van der Waals surface area contributed by atoms with Crippen LogP contribution in [0.1, 0.15) is 48.3 Å². The number of benzene rings is 1. The van der Waals surface area contributed by atoms with Gasteiger partial charge in [-0.05, 0) is 56.3 Å². The van der Waals surface area contributed by atoms with Crippen molar-refractivity contribution in [2.45, 2.75) is 50.6 Å². The number of likely N-dealkylation sites (tertiary alicyclic amines) is 1. The van der Waals surface area contributed by atoms with E-state index in [0.717, 1.165) is 68.8 Å². The number of hydrogen-bond acceptors (Lipinski definition) is 5. The van der Waals surface area contributed by atoms with Gasteiger partial charge in [0.05, 0.1) is 11.3 Å². The number of halogens is 3. The fraction of sp³-hybridized carbons (Fsp3) is 0.542. The molecule has 3 aromatic rings. The Labute approximate surface area is 190 Å². The molecule has 0 radical (unpaired) electrons. The molecule has 1 saturated carbocycles. The Hall–Kier alpha value is -2.68. The van der Waals surface area contributed by atoms with Crippen LogP contribution in [0.25, 0.3) is 11.6 Å². The van der Waals surface area contributed by atoms with E-state index in [1.807, 2.05) is 18.5 Å². The van der Waals surface area contributed by atoms with Crippen LogP contribution in [0, 0.1) is 12.8 Å². The number of unbranched alkanes of at least 4 members (excludes halogenated alkanes) is 2. The van der Waals surface area contributed by atoms with Gasteiger partial charge in [0.25, 0.3) is 0 Å². The van der Waals surface area contributed by atoms with Crippen LogP contribution in [0.2, 0.25) is 0 Å². The zero-order chi connectivity index (χ0) is 23.2. The van der Waals surface area contributed by atoms with Crippen LogP contribution in [-0.2, 0) is 25.1 Å². The van der Waals surface area contributed by atoms with Gasteiger partial charge in [-0.3, -0.25) is 0 Å². The Kier molecular flexibility index (Phi) is 5.55. The van der Waals surface area contributed by atoms with E-state index >= 15 is 0 Å². The molecule has 1 saturated heterocycles. The lowest BCUT2D eigenvalue weighted by Crippen LogP contribution is -2.27. The second-order valence-corrected chi connectivity index (χ2v) is 9.44. The minimum Gasteiger partial charge on any atom is -0.440 e. The van der Waals surface area contributed by atoms with Crippen molar-refractivity contribution in [2.24, 2.45) is 13.0 Å². The number of oxazole rings is 1. The van der Waals surface area contributed by atoms with E-state index in [1.54, 1.807) is 12.1 Å². The molecule has 1 aromatic carbocycles. The first-order valence-corrected chi connectivity index (χ1v) is 11.5. The van der Waals surface area contributed by atoms with Gasteiger partial charge in [-0.15, -0.1) is 10.2 Å². The van der Waals surface area contributed by atoms with E-state index in [0.29, 0.717) is 17.5 Å². The fourth-order valence-electron chi connectivity index (χ4n) is 5.28. The Morgan fingerprint density at radius 3 is 2.61 bits per heavy atom. The summed E-state index contributed by atoms with van der Waals surface area (Å²) in [6.07, 6.45) is 2.32. The Bertz CT molecular complexity index is 1120. The number of piperidine rings is 1. The molecule has 2 fully saturated rings. The Balaban J connectivity index is 1.08. The number of rotatable bonds is 8. The molecule has 1 aliphatic heterocycles. The summed E-state index contributed by atoms with van der Waals surface area (Å²) in [5.74, 6) is 2.87. The largest absolute Gasteiger partial charge is 0.440 e. The predicted molar refractivity (Wildman–Crippen MR) is 116 cm³/mol. The van der Waals surface area contributed by atoms with E-state index in [1.165, 1.54) is 18.5 Å². The van der Waals surface area contributed by atoms with Gasteiger partial charge in [0.1, 0.15) is 5.82 Å². The number of hydrogen-bond donors (Lipinski definition) is 0. The van der Waals surface area contributed by atoms with Crippen LogP contribution in [-0.4, -0.2) is 44.3 Å². The number of nitrogens with zero attached hydrogens (tertiary/aromatic N) is 5. The average molecular weight is 460 g/mol. The number of fused-ring (bicyclic) bond motifs is 1. The van der Waals surface area contributed by atoms with Crippen molar-refractivity contribution in [3.63, 3.8) is 0 Å². The summed E-state index contributed by atoms with van der Waals surface area (Å²) in [5, 5.41) is 8.57. The van der Waals surface area contributed by atoms with E-state index in [9.17, 15) is 13.2 Å². The first-order valence-electron chi connectivity index (χ1n) is 11.5. The van der Waals surface area contributed by atoms with E-state index in [-0.39, 0.29) is 5.41 Å². The summed E-state index contributed by atoms with van der Waals surface area (Å²) in [6, 6.07) is 5.82. The molecule has 1 aliphatic carbocycles. The summed E-state index contributed by atoms with van der Waals surface area (Å²) < 4.78 is 46.0. The minimum absolute atomic E-state index is 0.0675. The Morgan fingerprint density at radius 2 is 1.91 bits per heavy atom. The van der Waals surface area contributed by atoms with E-state index < -0.39 is 11.7 Å². The molecule has 6 nitrogen and oxygen atoms in total. The summed E-state index contributed by atoms with van der Waals surface area (Å²) >= 11 is 0. The first kappa shape index (κ1) is 22.1. The normalized spacial score (nSPS) is 22.6. The molecule has 176 valence electrons. The second kappa shape index (κ2) is 8.27. The van der Waals surface area contributed by atoms with Crippen molar-refractivity contribution in [3.8, 4) is 11.6 Å². The van der Waals surface area contributed by atoms with Gasteiger partial charge in [-0.25, -0.2) is 4.98 Å². The highest BCUT2D eigenvalue weighted by Crippen LogP contribution is 2.59. The first-order chi connectivity index (χ1) is 15.8. The maximum absolute atomic E-state index is 12.9. The van der Waals surface area contributed by atoms with Crippen molar-refractivity contribution < 1.29 is 17.6 Å². The van der Waals surface area contributed by atoms with Gasteiger partial charge in [0.15, 0.2) is 12.2 Å². The van der Waals surface area contributed by atoms with Gasteiger partial charge in [-0.1, -0.05) is 18.6 Å². The molecule has 0 bridgehead atoms. The lowest BCUT2D eigenvalue weighted by atomic mass is 9.94. The molecule has 2 aliphatic rings. The third-order valence-electron chi connectivity index (χ3n) is 7.29. The van der Waals surface area contributed by atoms with Crippen LogP contribution >= 0.6 is 0 Å². The second-order valence-electron chi connectivity index (χ2n) is 9.44. The maximum Gasteiger partial charge on any atom is 0.416 e. The Morgan fingerprint density at radius 1 is 1.12 bits per heavy atom. The van der Waals surface area contributed by atoms with Crippen molar-refractivity contribution in [3.05, 3.63) is 53.3 Å². The minimum atomic E-state index is -4.28. The lowest BCUT2D eigenvalue weighted by molar-refractivity contribution is -0.137. The van der Waals surface area contributed by atoms with E-state index in [4.69, 9.17) is 4.42 Å². The van der Waals surface area contributed by atoms with Gasteiger partial charge >= 0.3 is 6.18 Å². The smallest absolute Gasteiger partial charge is 0.416 e. The van der Waals surface area contributed by atoms with Gasteiger partial charge in [-0.2, -0.15) is 13.2 Å². The van der Waals surface area contributed by atoms with Crippen LogP contribution in [0.3, 0.4) is 0 Å². The third-order valence-corrected chi connectivity index (χ3v) is 7.29. The molecule has 2 aromatic heterocycles. The summed E-state index contributed by atoms with van der Waals surface area (Å²) in [4.78, 5) is 6.59. The van der Waals surface area contributed by atoms with Crippen LogP contribution < -0.4 is 0 Å². The van der Waals surface area contributed by atoms with Crippen LogP contribution in [0.15, 0.2) is 35.1 Å². The SMILES string of the molecule is Cc1ncoc1-c1nnc(CCCCCN2C[C@@H]3C[C@]3(c3ccc(C(F)(F)F)cc3)C2)n1C. The lowest BCUT2D eigenvalue weighted by Gasteiger charge is -2.21. The van der Waals surface area contributed by atoms with Crippen molar-refractivity contribution >= 4 is 0 Å². The molecule has 5 rings (SSSR count). The summed E-state index contributed by atoms with van der Waals surface area (Å²) in [5.41, 5.74) is 1.36. The third kappa shape index (κ3) is 4.18. The monoisotopic (exact) mass is 459 g/mol. The molecule has 0 unspecified atom stereocenters. The number of aromatic nitrogens is 4. The van der Waals surface area contributed by atoms with Gasteiger partial charge in [0, 0.05) is 32.0 Å². The molecule has 2 atom stereocenters. The number of aryl methyl sites for hydroxylation is 2. The van der Waals surface area contributed by atoms with E-state index in [2.05, 4.69) is 20.1 Å². The van der Waals surface area contributed by atoms with Crippen molar-refractivity contribution in [1.82, 2.24) is 24.6 Å². The molecule has 33 heavy (non-hydrogen) atoms. The maximum atomic E-state index is 12.9. The highest BCUT2D eigenvalue weighted by molar-refractivity contribution is 5.49. The molecule has 3 heterocycles. The van der Waals surface area contributed by atoms with Gasteiger partial charge in [0.2, 0.25) is 5.82 Å². The van der Waals surface area contributed by atoms with Crippen LogP contribution in [0.4, 0.5) is 13.2 Å². The fourth-order valence-corrected chi connectivity index (χ4v) is 5.28. The standard InChI is InChI=1S/C24H28F3N5O/c1-16-21(33-15-28-16)22-30-29-20(31(22)2)6-4-3-5-11-32-13-19-12-23(19,14-32)17-7-9-18(10-8-17)24(25,26)27/h7-10,15,19H,3-6,11-14H2,1-2H3/t19-,23+/m0/s1. The summed E-state index contributed by atoms with van der Waals surface area (Å²) in [6.45, 7) is 4.91. The number of alkyl halides is 3. The van der Waals surface area contributed by atoms with Crippen molar-refractivity contribution in [2.75, 3.05) is 19.6 Å². The molecule has 0 amide bonds. The highest BCUT2D eigenvalue weighted by Gasteiger charge is 2.60. The zero-order valence-electron chi connectivity index (χ0n) is 18.9. The predicted octanol–water partition coefficient (Wildman–Crippen LogP) is 4.78. The molecule has 0 spiro atoms. The molecular formula is C24H28F3N5O. The van der Waals surface area contributed by atoms with Gasteiger partial charge < -0.3 is 13.9 Å². The zero-order valence-corrected chi connectivity index (χ0v) is 18.9. The molecular weight excluding hydrogens is 431 g/mol. The highest BCUT2D eigenvalue weighted by atomic mass is 19.4. The van der Waals surface area contributed by atoms with Crippen LogP contribution in [0.5, 0.6) is 0 Å². The molecule has 9 heteroatoms. The van der Waals surface area contributed by atoms with Crippen molar-refractivity contribution in [1.29, 1.82) is 0 Å². The summed E-state index contributed by atoms with van der Waals surface area (Å²) in [7, 11) is 1.95. The average Bonchev–Trinajstić information content (AvgIpc) is 3.07.